The lowest BCUT2D eigenvalue weighted by atomic mass is 10.1. The van der Waals surface area contributed by atoms with Gasteiger partial charge in [-0.3, -0.25) is 9.78 Å². The van der Waals surface area contributed by atoms with Crippen LogP contribution in [-0.2, 0) is 0 Å². The zero-order valence-electron chi connectivity index (χ0n) is 11.1. The smallest absolute Gasteiger partial charge is 0.256 e. The molecule has 0 aliphatic carbocycles. The maximum Gasteiger partial charge on any atom is 0.256 e. The topological polar surface area (TPSA) is 59.2 Å². The summed E-state index contributed by atoms with van der Waals surface area (Å²) < 4.78 is 13.6. The Morgan fingerprint density at radius 2 is 2.26 bits per heavy atom. The second-order valence-corrected chi connectivity index (χ2v) is 5.24. The fourth-order valence-electron chi connectivity index (χ4n) is 1.68. The molecule has 0 fully saturated rings. The molecular formula is C13H18FN3OS. The van der Waals surface area contributed by atoms with Gasteiger partial charge in [0.2, 0.25) is 0 Å². The van der Waals surface area contributed by atoms with Crippen LogP contribution < -0.4 is 5.73 Å². The molecule has 1 aromatic rings. The highest BCUT2D eigenvalue weighted by molar-refractivity contribution is 7.80. The summed E-state index contributed by atoms with van der Waals surface area (Å²) in [7, 11) is 0. The summed E-state index contributed by atoms with van der Waals surface area (Å²) in [6.07, 6.45) is 2.87. The normalized spacial score (nSPS) is 10.5. The largest absolute Gasteiger partial charge is 0.393 e. The average Bonchev–Trinajstić information content (AvgIpc) is 2.33. The van der Waals surface area contributed by atoms with Gasteiger partial charge >= 0.3 is 0 Å². The van der Waals surface area contributed by atoms with Gasteiger partial charge in [-0.15, -0.1) is 0 Å². The van der Waals surface area contributed by atoms with Gasteiger partial charge in [0.05, 0.1) is 16.7 Å². The number of carbonyl (C=O) groups excluding carboxylic acids is 1. The SMILES string of the molecule is CC(C)CN(CCC(N)=S)C(=O)c1ccncc1F. The molecule has 0 atom stereocenters. The van der Waals surface area contributed by atoms with Crippen LogP contribution in [0.3, 0.4) is 0 Å². The number of carbonyl (C=O) groups is 1. The summed E-state index contributed by atoms with van der Waals surface area (Å²) in [5, 5.41) is 0. The van der Waals surface area contributed by atoms with E-state index in [4.69, 9.17) is 18.0 Å². The highest BCUT2D eigenvalue weighted by Crippen LogP contribution is 2.11. The van der Waals surface area contributed by atoms with Crippen molar-refractivity contribution < 1.29 is 9.18 Å². The number of thiocarbonyl (C=S) groups is 1. The molecule has 1 aromatic heterocycles. The highest BCUT2D eigenvalue weighted by atomic mass is 32.1. The van der Waals surface area contributed by atoms with Gasteiger partial charge in [0.1, 0.15) is 0 Å². The van der Waals surface area contributed by atoms with Crippen LogP contribution >= 0.6 is 12.2 Å². The van der Waals surface area contributed by atoms with E-state index in [-0.39, 0.29) is 17.4 Å². The van der Waals surface area contributed by atoms with E-state index < -0.39 is 5.82 Å². The molecule has 0 radical (unpaired) electrons. The summed E-state index contributed by atoms with van der Waals surface area (Å²) in [6, 6.07) is 1.38. The summed E-state index contributed by atoms with van der Waals surface area (Å²) >= 11 is 4.81. The van der Waals surface area contributed by atoms with Gasteiger partial charge in [-0.05, 0) is 12.0 Å². The molecule has 0 aliphatic heterocycles. The zero-order valence-corrected chi connectivity index (χ0v) is 11.9. The molecule has 0 saturated heterocycles. The third-order valence-corrected chi connectivity index (χ3v) is 2.71. The molecule has 0 unspecified atom stereocenters. The fourth-order valence-corrected chi connectivity index (χ4v) is 1.77. The summed E-state index contributed by atoms with van der Waals surface area (Å²) in [4.78, 5) is 17.8. The molecule has 6 heteroatoms. The van der Waals surface area contributed by atoms with Gasteiger partial charge in [0, 0.05) is 25.7 Å². The molecule has 1 amide bonds. The van der Waals surface area contributed by atoms with Crippen LogP contribution in [0.4, 0.5) is 4.39 Å². The minimum Gasteiger partial charge on any atom is -0.393 e. The summed E-state index contributed by atoms with van der Waals surface area (Å²) in [6.45, 7) is 4.91. The number of rotatable bonds is 6. The minimum absolute atomic E-state index is 0.0265. The molecule has 4 nitrogen and oxygen atoms in total. The number of hydrogen-bond acceptors (Lipinski definition) is 3. The van der Waals surface area contributed by atoms with Gasteiger partial charge in [-0.2, -0.15) is 0 Å². The first kappa shape index (κ1) is 15.5. The lowest BCUT2D eigenvalue weighted by Crippen LogP contribution is -2.37. The van der Waals surface area contributed by atoms with Gasteiger partial charge in [0.25, 0.3) is 5.91 Å². The maximum absolute atomic E-state index is 13.6. The lowest BCUT2D eigenvalue weighted by molar-refractivity contribution is 0.0736. The first-order valence-corrected chi connectivity index (χ1v) is 6.49. The molecular weight excluding hydrogens is 265 g/mol. The third kappa shape index (κ3) is 4.90. The molecule has 0 aromatic carbocycles. The number of nitrogens with two attached hydrogens (primary N) is 1. The monoisotopic (exact) mass is 283 g/mol. The van der Waals surface area contributed by atoms with Crippen LogP contribution in [0.2, 0.25) is 0 Å². The Bertz CT molecular complexity index is 465. The van der Waals surface area contributed by atoms with E-state index >= 15 is 0 Å². The van der Waals surface area contributed by atoms with E-state index in [1.54, 1.807) is 4.90 Å². The van der Waals surface area contributed by atoms with Crippen LogP contribution in [-0.4, -0.2) is 33.9 Å². The molecule has 0 spiro atoms. The maximum atomic E-state index is 13.6. The Kier molecular flexibility index (Phi) is 5.82. The average molecular weight is 283 g/mol. The van der Waals surface area contributed by atoms with Crippen molar-refractivity contribution in [1.29, 1.82) is 0 Å². The van der Waals surface area contributed by atoms with Crippen molar-refractivity contribution in [3.05, 3.63) is 29.8 Å². The molecule has 104 valence electrons. The van der Waals surface area contributed by atoms with Crippen LogP contribution in [0, 0.1) is 11.7 Å². The first-order chi connectivity index (χ1) is 8.91. The van der Waals surface area contributed by atoms with Crippen molar-refractivity contribution in [2.45, 2.75) is 20.3 Å². The summed E-state index contributed by atoms with van der Waals surface area (Å²) in [5.74, 6) is -0.693. The Balaban J connectivity index is 2.87. The van der Waals surface area contributed by atoms with E-state index in [0.29, 0.717) is 24.5 Å². The molecule has 2 N–H and O–H groups in total. The van der Waals surface area contributed by atoms with Crippen molar-refractivity contribution in [1.82, 2.24) is 9.88 Å². The van der Waals surface area contributed by atoms with E-state index in [1.165, 1.54) is 12.3 Å². The predicted octanol–water partition coefficient (Wildman–Crippen LogP) is 2.00. The minimum atomic E-state index is -0.614. The molecule has 1 rings (SSSR count). The number of pyridine rings is 1. The van der Waals surface area contributed by atoms with Gasteiger partial charge < -0.3 is 10.6 Å². The molecule has 1 heterocycles. The Morgan fingerprint density at radius 3 is 2.79 bits per heavy atom. The molecule has 0 aliphatic rings. The standard InChI is InChI=1S/C13H18FN3OS/c1-9(2)8-17(6-4-12(15)19)13(18)10-3-5-16-7-11(10)14/h3,5,7,9H,4,6,8H2,1-2H3,(H2,15,19). The number of nitrogens with zero attached hydrogens (tertiary/aromatic N) is 2. The molecule has 0 bridgehead atoms. The van der Waals surface area contributed by atoms with Crippen molar-refractivity contribution in [3.63, 3.8) is 0 Å². The van der Waals surface area contributed by atoms with Crippen LogP contribution in [0.5, 0.6) is 0 Å². The zero-order chi connectivity index (χ0) is 14.4. The second-order valence-electron chi connectivity index (χ2n) is 4.72. The molecule has 0 saturated carbocycles. The fraction of sp³-hybridized carbons (Fsp3) is 0.462. The predicted molar refractivity (Wildman–Crippen MR) is 76.3 cm³/mol. The summed E-state index contributed by atoms with van der Waals surface area (Å²) in [5.41, 5.74) is 5.48. The molecule has 19 heavy (non-hydrogen) atoms. The van der Waals surface area contributed by atoms with Gasteiger partial charge in [-0.25, -0.2) is 4.39 Å². The van der Waals surface area contributed by atoms with Crippen molar-refractivity contribution >= 4 is 23.1 Å². The van der Waals surface area contributed by atoms with Crippen LogP contribution in [0.15, 0.2) is 18.5 Å². The van der Waals surface area contributed by atoms with E-state index in [9.17, 15) is 9.18 Å². The van der Waals surface area contributed by atoms with E-state index in [2.05, 4.69) is 4.98 Å². The Labute approximate surface area is 117 Å². The Morgan fingerprint density at radius 1 is 1.58 bits per heavy atom. The van der Waals surface area contributed by atoms with E-state index in [1.807, 2.05) is 13.8 Å². The van der Waals surface area contributed by atoms with Crippen molar-refractivity contribution in [2.75, 3.05) is 13.1 Å². The van der Waals surface area contributed by atoms with Crippen LogP contribution in [0.25, 0.3) is 0 Å². The highest BCUT2D eigenvalue weighted by Gasteiger charge is 2.20. The second kappa shape index (κ2) is 7.13. The van der Waals surface area contributed by atoms with Crippen molar-refractivity contribution in [2.24, 2.45) is 11.7 Å². The number of aromatic nitrogens is 1. The first-order valence-electron chi connectivity index (χ1n) is 6.09. The number of amides is 1. The van der Waals surface area contributed by atoms with Crippen LogP contribution in [0.1, 0.15) is 30.6 Å². The van der Waals surface area contributed by atoms with Gasteiger partial charge in [-0.1, -0.05) is 26.1 Å². The third-order valence-electron chi connectivity index (χ3n) is 2.50. The van der Waals surface area contributed by atoms with Crippen molar-refractivity contribution in [3.8, 4) is 0 Å². The quantitative estimate of drug-likeness (QED) is 0.811. The Hall–Kier alpha value is -1.56. The van der Waals surface area contributed by atoms with E-state index in [0.717, 1.165) is 6.20 Å². The van der Waals surface area contributed by atoms with Gasteiger partial charge in [0.15, 0.2) is 5.82 Å². The lowest BCUT2D eigenvalue weighted by Gasteiger charge is -2.24. The number of hydrogen-bond donors (Lipinski definition) is 1. The number of halogens is 1.